The molecule has 144 valence electrons. The number of hydrogen-bond donors (Lipinski definition) is 2. The van der Waals surface area contributed by atoms with E-state index in [9.17, 15) is 14.9 Å². The van der Waals surface area contributed by atoms with Crippen LogP contribution in [0.5, 0.6) is 0 Å². The number of rotatable bonds is 4. The summed E-state index contributed by atoms with van der Waals surface area (Å²) in [6.45, 7) is 1.95. The number of non-ortho nitro benzene ring substituents is 1. The van der Waals surface area contributed by atoms with E-state index in [0.29, 0.717) is 5.69 Å². The van der Waals surface area contributed by atoms with Crippen molar-refractivity contribution in [1.29, 1.82) is 0 Å². The Morgan fingerprint density at radius 2 is 1.62 bits per heavy atom. The van der Waals surface area contributed by atoms with Gasteiger partial charge in [-0.15, -0.1) is 0 Å². The van der Waals surface area contributed by atoms with Crippen LogP contribution in [0, 0.1) is 10.1 Å². The molecule has 1 atom stereocenters. The van der Waals surface area contributed by atoms with Gasteiger partial charge in [-0.25, -0.2) is 4.79 Å². The summed E-state index contributed by atoms with van der Waals surface area (Å²) < 4.78 is 0. The predicted octanol–water partition coefficient (Wildman–Crippen LogP) is 5.78. The van der Waals surface area contributed by atoms with Gasteiger partial charge in [-0.2, -0.15) is 0 Å². The number of nitrogens with zero attached hydrogens (tertiary/aromatic N) is 1. The van der Waals surface area contributed by atoms with E-state index in [2.05, 4.69) is 10.6 Å². The quantitative estimate of drug-likeness (QED) is 0.345. The summed E-state index contributed by atoms with van der Waals surface area (Å²) >= 11 is 0. The standard InChI is InChI=1S/C23H19N3O3/c1-15(21-8-4-6-16-5-2-3-7-22(16)21)24-23(27)25-19-11-9-18-14-20(26(28)29)12-10-17(18)13-19/h2-15H,1H3,(H2,24,25,27). The first-order valence-electron chi connectivity index (χ1n) is 9.25. The SMILES string of the molecule is CC(NC(=O)Nc1ccc2cc([N+](=O)[O-])ccc2c1)c1cccc2ccccc12. The molecule has 4 aromatic carbocycles. The molecule has 6 heteroatoms. The molecule has 0 aliphatic carbocycles. The van der Waals surface area contributed by atoms with E-state index in [1.165, 1.54) is 12.1 Å². The second-order valence-corrected chi connectivity index (χ2v) is 6.89. The van der Waals surface area contributed by atoms with Crippen LogP contribution in [0.25, 0.3) is 21.5 Å². The van der Waals surface area contributed by atoms with Gasteiger partial charge in [0.15, 0.2) is 0 Å². The number of urea groups is 1. The number of nitro benzene ring substituents is 1. The summed E-state index contributed by atoms with van der Waals surface area (Å²) in [6, 6.07) is 23.5. The molecule has 0 heterocycles. The lowest BCUT2D eigenvalue weighted by atomic mass is 10.00. The molecule has 4 aromatic rings. The minimum absolute atomic E-state index is 0.0415. The van der Waals surface area contributed by atoms with Crippen molar-refractivity contribution in [2.24, 2.45) is 0 Å². The highest BCUT2D eigenvalue weighted by Crippen LogP contribution is 2.25. The van der Waals surface area contributed by atoms with Gasteiger partial charge in [-0.05, 0) is 52.2 Å². The lowest BCUT2D eigenvalue weighted by Gasteiger charge is -2.17. The molecule has 0 radical (unpaired) electrons. The molecule has 0 saturated carbocycles. The van der Waals surface area contributed by atoms with Crippen molar-refractivity contribution in [3.05, 3.63) is 94.5 Å². The molecular weight excluding hydrogens is 366 g/mol. The van der Waals surface area contributed by atoms with Crippen molar-refractivity contribution in [1.82, 2.24) is 5.32 Å². The normalized spacial score (nSPS) is 11.9. The van der Waals surface area contributed by atoms with Crippen LogP contribution >= 0.6 is 0 Å². The fraction of sp³-hybridized carbons (Fsp3) is 0.0870. The van der Waals surface area contributed by atoms with Crippen LogP contribution in [0.1, 0.15) is 18.5 Å². The molecular formula is C23H19N3O3. The molecule has 1 unspecified atom stereocenters. The van der Waals surface area contributed by atoms with Crippen LogP contribution in [0.2, 0.25) is 0 Å². The van der Waals surface area contributed by atoms with Crippen LogP contribution < -0.4 is 10.6 Å². The smallest absolute Gasteiger partial charge is 0.319 e. The predicted molar refractivity (Wildman–Crippen MR) is 115 cm³/mol. The van der Waals surface area contributed by atoms with Gasteiger partial charge in [0.05, 0.1) is 11.0 Å². The Balaban J connectivity index is 1.50. The third-order valence-electron chi connectivity index (χ3n) is 4.93. The maximum absolute atomic E-state index is 12.5. The van der Waals surface area contributed by atoms with Crippen molar-refractivity contribution < 1.29 is 9.72 Å². The van der Waals surface area contributed by atoms with E-state index in [1.54, 1.807) is 24.3 Å². The summed E-state index contributed by atoms with van der Waals surface area (Å²) in [4.78, 5) is 23.0. The van der Waals surface area contributed by atoms with Crippen LogP contribution in [-0.2, 0) is 0 Å². The highest BCUT2D eigenvalue weighted by Gasteiger charge is 2.13. The number of benzene rings is 4. The summed E-state index contributed by atoms with van der Waals surface area (Å²) in [6.07, 6.45) is 0. The minimum atomic E-state index is -0.423. The second kappa shape index (κ2) is 7.59. The van der Waals surface area contributed by atoms with Crippen LogP contribution in [-0.4, -0.2) is 11.0 Å². The van der Waals surface area contributed by atoms with Gasteiger partial charge in [0.2, 0.25) is 0 Å². The average molecular weight is 385 g/mol. The fourth-order valence-electron chi connectivity index (χ4n) is 3.49. The monoisotopic (exact) mass is 385 g/mol. The van der Waals surface area contributed by atoms with Crippen LogP contribution in [0.3, 0.4) is 0 Å². The van der Waals surface area contributed by atoms with E-state index in [0.717, 1.165) is 27.1 Å². The number of amides is 2. The van der Waals surface area contributed by atoms with Gasteiger partial charge in [-0.1, -0.05) is 48.5 Å². The minimum Gasteiger partial charge on any atom is -0.331 e. The largest absolute Gasteiger partial charge is 0.331 e. The van der Waals surface area contributed by atoms with Crippen molar-refractivity contribution in [3.8, 4) is 0 Å². The molecule has 2 amide bonds. The number of carbonyl (C=O) groups excluding carboxylic acids is 1. The Hall–Kier alpha value is -3.93. The highest BCUT2D eigenvalue weighted by molar-refractivity contribution is 5.94. The van der Waals surface area contributed by atoms with Crippen molar-refractivity contribution >= 4 is 39.0 Å². The Kier molecular flexibility index (Phi) is 4.83. The maximum Gasteiger partial charge on any atom is 0.319 e. The molecule has 6 nitrogen and oxygen atoms in total. The summed E-state index contributed by atoms with van der Waals surface area (Å²) in [5, 5.41) is 20.5. The summed E-state index contributed by atoms with van der Waals surface area (Å²) in [5.74, 6) is 0. The highest BCUT2D eigenvalue weighted by atomic mass is 16.6. The first-order chi connectivity index (χ1) is 14.0. The second-order valence-electron chi connectivity index (χ2n) is 6.89. The van der Waals surface area contributed by atoms with E-state index in [-0.39, 0.29) is 17.8 Å². The van der Waals surface area contributed by atoms with E-state index in [4.69, 9.17) is 0 Å². The van der Waals surface area contributed by atoms with Gasteiger partial charge in [0.1, 0.15) is 0 Å². The average Bonchev–Trinajstić information content (AvgIpc) is 2.72. The van der Waals surface area contributed by atoms with Gasteiger partial charge in [0.25, 0.3) is 5.69 Å². The molecule has 0 aliphatic heterocycles. The molecule has 0 aromatic heterocycles. The summed E-state index contributed by atoms with van der Waals surface area (Å²) in [5.41, 5.74) is 1.71. The number of fused-ring (bicyclic) bond motifs is 2. The topological polar surface area (TPSA) is 84.3 Å². The Bertz CT molecular complexity index is 1230. The zero-order valence-electron chi connectivity index (χ0n) is 15.8. The molecule has 29 heavy (non-hydrogen) atoms. The Labute approximate surface area is 167 Å². The van der Waals surface area contributed by atoms with Crippen LogP contribution in [0.15, 0.2) is 78.9 Å². The zero-order valence-corrected chi connectivity index (χ0v) is 15.8. The lowest BCUT2D eigenvalue weighted by molar-refractivity contribution is -0.384. The first-order valence-corrected chi connectivity index (χ1v) is 9.25. The van der Waals surface area contributed by atoms with Gasteiger partial charge in [0, 0.05) is 17.8 Å². The van der Waals surface area contributed by atoms with Crippen LogP contribution in [0.4, 0.5) is 16.2 Å². The molecule has 0 spiro atoms. The Morgan fingerprint density at radius 1 is 0.897 bits per heavy atom. The molecule has 0 fully saturated rings. The van der Waals surface area contributed by atoms with Gasteiger partial charge >= 0.3 is 6.03 Å². The van der Waals surface area contributed by atoms with E-state index in [1.807, 2.05) is 49.4 Å². The number of hydrogen-bond acceptors (Lipinski definition) is 3. The molecule has 0 bridgehead atoms. The number of carbonyl (C=O) groups is 1. The number of nitro groups is 1. The third kappa shape index (κ3) is 3.87. The lowest BCUT2D eigenvalue weighted by Crippen LogP contribution is -2.31. The number of anilines is 1. The van der Waals surface area contributed by atoms with E-state index < -0.39 is 4.92 Å². The fourth-order valence-corrected chi connectivity index (χ4v) is 3.49. The van der Waals surface area contributed by atoms with Crippen molar-refractivity contribution in [2.45, 2.75) is 13.0 Å². The Morgan fingerprint density at radius 3 is 2.45 bits per heavy atom. The first kappa shape index (κ1) is 18.4. The van der Waals surface area contributed by atoms with Gasteiger partial charge in [-0.3, -0.25) is 10.1 Å². The third-order valence-corrected chi connectivity index (χ3v) is 4.93. The van der Waals surface area contributed by atoms with Gasteiger partial charge < -0.3 is 10.6 Å². The molecule has 2 N–H and O–H groups in total. The molecule has 0 saturated heterocycles. The van der Waals surface area contributed by atoms with Crippen molar-refractivity contribution in [3.63, 3.8) is 0 Å². The van der Waals surface area contributed by atoms with E-state index >= 15 is 0 Å². The maximum atomic E-state index is 12.5. The molecule has 4 rings (SSSR count). The zero-order chi connectivity index (χ0) is 20.4. The van der Waals surface area contributed by atoms with Crippen molar-refractivity contribution in [2.75, 3.05) is 5.32 Å². The molecule has 0 aliphatic rings. The summed E-state index contributed by atoms with van der Waals surface area (Å²) in [7, 11) is 0. The number of nitrogens with one attached hydrogen (secondary N) is 2.